The number of likely N-dealkylation sites (N-methyl/N-ethyl adjacent to an activating group) is 1. The van der Waals surface area contributed by atoms with Crippen LogP contribution in [0.15, 0.2) is 42.5 Å². The summed E-state index contributed by atoms with van der Waals surface area (Å²) in [6.45, 7) is 4.98. The van der Waals surface area contributed by atoms with Crippen LogP contribution in [0.3, 0.4) is 0 Å². The smallest absolute Gasteiger partial charge is 0.161 e. The normalized spacial score (nSPS) is 23.2. The standard InChI is InChI=1S/C26H27F3N2O2/c1-15-11-18-17-7-5-6-8-21(17)30-24(18)25(31(15,4)14-26(2,3)29)23-19(27)12-16(13-20(23)28)9-10-22(32)33/h5-10,12-13,15,25,30H,11,14H2,1-4H3/b10-9+/t15-,25?,31?/m1/s1. The van der Waals surface area contributed by atoms with Crippen LogP contribution in [0, 0.1) is 11.6 Å². The number of nitrogens with one attached hydrogen (secondary N) is 1. The maximum absolute atomic E-state index is 15.5. The molecule has 0 spiro atoms. The second-order valence-electron chi connectivity index (χ2n) is 9.79. The molecule has 2 heterocycles. The Balaban J connectivity index is 1.97. The van der Waals surface area contributed by atoms with Crippen molar-refractivity contribution >= 4 is 22.9 Å². The van der Waals surface area contributed by atoms with Gasteiger partial charge in [-0.15, -0.1) is 0 Å². The quantitative estimate of drug-likeness (QED) is 0.456. The molecule has 3 aromatic rings. The number of hydrogen-bond acceptors (Lipinski definition) is 2. The van der Waals surface area contributed by atoms with E-state index >= 15 is 13.2 Å². The number of H-pyrrole nitrogens is 1. The van der Waals surface area contributed by atoms with Gasteiger partial charge in [0.1, 0.15) is 18.2 Å². The van der Waals surface area contributed by atoms with Gasteiger partial charge in [-0.05, 0) is 56.2 Å². The lowest BCUT2D eigenvalue weighted by Gasteiger charge is -2.50. The van der Waals surface area contributed by atoms with Gasteiger partial charge >= 0.3 is 0 Å². The number of alkyl halides is 1. The monoisotopic (exact) mass is 456 g/mol. The molecule has 174 valence electrons. The van der Waals surface area contributed by atoms with Crippen LogP contribution in [-0.2, 0) is 11.2 Å². The van der Waals surface area contributed by atoms with E-state index in [9.17, 15) is 9.90 Å². The zero-order chi connectivity index (χ0) is 24.1. The van der Waals surface area contributed by atoms with Crippen LogP contribution in [0.4, 0.5) is 13.2 Å². The Labute approximate surface area is 190 Å². The van der Waals surface area contributed by atoms with Gasteiger partial charge in [0, 0.05) is 17.3 Å². The number of fused-ring (bicyclic) bond motifs is 3. The molecule has 0 aliphatic carbocycles. The fraction of sp³-hybridized carbons (Fsp3) is 0.346. The van der Waals surface area contributed by atoms with Crippen molar-refractivity contribution in [2.24, 2.45) is 0 Å². The summed E-state index contributed by atoms with van der Waals surface area (Å²) in [7, 11) is 1.84. The number of carboxylic acids is 1. The molecule has 1 aliphatic rings. The van der Waals surface area contributed by atoms with Crippen molar-refractivity contribution in [1.82, 2.24) is 4.98 Å². The van der Waals surface area contributed by atoms with Crippen LogP contribution in [0.2, 0.25) is 0 Å². The van der Waals surface area contributed by atoms with Gasteiger partial charge in [-0.25, -0.2) is 13.2 Å². The average molecular weight is 457 g/mol. The van der Waals surface area contributed by atoms with Crippen molar-refractivity contribution in [2.75, 3.05) is 13.6 Å². The second kappa shape index (κ2) is 8.06. The first kappa shape index (κ1) is 23.1. The third-order valence-electron chi connectivity index (χ3n) is 6.72. The van der Waals surface area contributed by atoms with Gasteiger partial charge in [-0.3, -0.25) is 0 Å². The maximum atomic E-state index is 15.5. The van der Waals surface area contributed by atoms with Crippen LogP contribution < -0.4 is 5.11 Å². The predicted octanol–water partition coefficient (Wildman–Crippen LogP) is 4.44. The molecule has 0 saturated carbocycles. The predicted molar refractivity (Wildman–Crippen MR) is 120 cm³/mol. The molecule has 1 N–H and O–H groups in total. The number of rotatable bonds is 5. The first-order valence-electron chi connectivity index (χ1n) is 10.9. The number of carbonyl (C=O) groups is 1. The molecule has 33 heavy (non-hydrogen) atoms. The van der Waals surface area contributed by atoms with Crippen molar-refractivity contribution in [3.8, 4) is 0 Å². The van der Waals surface area contributed by atoms with E-state index in [1.807, 2.05) is 38.2 Å². The number of carbonyl (C=O) groups excluding carboxylic acids is 1. The number of aromatic amines is 1. The summed E-state index contributed by atoms with van der Waals surface area (Å²) in [6, 6.07) is 8.97. The fourth-order valence-corrected chi connectivity index (χ4v) is 5.35. The lowest BCUT2D eigenvalue weighted by Crippen LogP contribution is -2.61. The summed E-state index contributed by atoms with van der Waals surface area (Å²) in [5.74, 6) is -3.08. The van der Waals surface area contributed by atoms with Gasteiger partial charge in [-0.2, -0.15) is 0 Å². The number of aliphatic carboxylic acids is 1. The number of halogens is 3. The molecular weight excluding hydrogens is 429 g/mol. The Kier molecular flexibility index (Phi) is 5.65. The third-order valence-corrected chi connectivity index (χ3v) is 6.72. The number of carboxylic acid groups (broad SMARTS) is 1. The highest BCUT2D eigenvalue weighted by Gasteiger charge is 2.51. The van der Waals surface area contributed by atoms with E-state index in [1.54, 1.807) is 0 Å². The van der Waals surface area contributed by atoms with Gasteiger partial charge in [0.15, 0.2) is 11.7 Å². The molecule has 0 saturated heterocycles. The minimum atomic E-state index is -1.57. The fourth-order valence-electron chi connectivity index (χ4n) is 5.35. The van der Waals surface area contributed by atoms with Gasteiger partial charge < -0.3 is 19.4 Å². The van der Waals surface area contributed by atoms with Gasteiger partial charge in [-0.1, -0.05) is 24.3 Å². The highest BCUT2D eigenvalue weighted by molar-refractivity contribution is 5.85. The maximum Gasteiger partial charge on any atom is 0.161 e. The molecule has 3 atom stereocenters. The number of hydrogen-bond donors (Lipinski definition) is 1. The minimum Gasteiger partial charge on any atom is -0.545 e. The first-order chi connectivity index (χ1) is 15.4. The highest BCUT2D eigenvalue weighted by Crippen LogP contribution is 2.47. The van der Waals surface area contributed by atoms with Crippen molar-refractivity contribution < 1.29 is 27.6 Å². The number of quaternary nitrogens is 1. The van der Waals surface area contributed by atoms with Crippen LogP contribution in [0.5, 0.6) is 0 Å². The van der Waals surface area contributed by atoms with Gasteiger partial charge in [0.2, 0.25) is 0 Å². The Hall–Kier alpha value is -3.06. The summed E-state index contributed by atoms with van der Waals surface area (Å²) in [4.78, 5) is 14.1. The highest BCUT2D eigenvalue weighted by atomic mass is 19.1. The Bertz CT molecular complexity index is 1240. The van der Waals surface area contributed by atoms with Gasteiger partial charge in [0.25, 0.3) is 0 Å². The molecule has 1 aliphatic heterocycles. The number of aromatic nitrogens is 1. The summed E-state index contributed by atoms with van der Waals surface area (Å²) in [5.41, 5.74) is 0.855. The number of para-hydroxylation sites is 1. The van der Waals surface area contributed by atoms with Crippen molar-refractivity contribution in [3.05, 3.63) is 76.5 Å². The third kappa shape index (κ3) is 4.17. The van der Waals surface area contributed by atoms with E-state index in [0.29, 0.717) is 12.1 Å². The van der Waals surface area contributed by atoms with E-state index in [-0.39, 0.29) is 28.2 Å². The number of benzene rings is 2. The summed E-state index contributed by atoms with van der Waals surface area (Å²) in [6.07, 6.45) is 2.44. The second-order valence-corrected chi connectivity index (χ2v) is 9.79. The van der Waals surface area contributed by atoms with E-state index in [2.05, 4.69) is 4.98 Å². The molecule has 0 fully saturated rings. The molecule has 4 nitrogen and oxygen atoms in total. The molecule has 2 unspecified atom stereocenters. The molecule has 7 heteroatoms. The zero-order valence-corrected chi connectivity index (χ0v) is 19.1. The average Bonchev–Trinajstić information content (AvgIpc) is 3.05. The molecular formula is C26H27F3N2O2. The van der Waals surface area contributed by atoms with Gasteiger partial charge in [0.05, 0.1) is 30.3 Å². The van der Waals surface area contributed by atoms with Crippen molar-refractivity contribution in [1.29, 1.82) is 0 Å². The first-order valence-corrected chi connectivity index (χ1v) is 10.9. The van der Waals surface area contributed by atoms with Crippen molar-refractivity contribution in [2.45, 2.75) is 44.9 Å². The number of nitrogens with zero attached hydrogens (tertiary/aromatic N) is 1. The molecule has 1 aromatic heterocycles. The van der Waals surface area contributed by atoms with E-state index in [4.69, 9.17) is 0 Å². The molecule has 4 rings (SSSR count). The van der Waals surface area contributed by atoms with E-state index in [1.165, 1.54) is 13.8 Å². The molecule has 0 bridgehead atoms. The largest absolute Gasteiger partial charge is 0.545 e. The Morgan fingerprint density at radius 2 is 1.88 bits per heavy atom. The summed E-state index contributed by atoms with van der Waals surface area (Å²) < 4.78 is 46.1. The Morgan fingerprint density at radius 1 is 1.24 bits per heavy atom. The van der Waals surface area contributed by atoms with Crippen LogP contribution in [0.25, 0.3) is 17.0 Å². The molecule has 0 amide bonds. The van der Waals surface area contributed by atoms with Crippen molar-refractivity contribution in [3.63, 3.8) is 0 Å². The molecule has 2 aromatic carbocycles. The SMILES string of the molecule is C[C@@H]1Cc2c([nH]c3ccccc23)C(c2c(F)cc(/C=C/C(=O)[O-])cc2F)[N+]1(C)CC(C)(C)F. The minimum absolute atomic E-state index is 0.0544. The Morgan fingerprint density at radius 3 is 2.48 bits per heavy atom. The topological polar surface area (TPSA) is 55.9 Å². The summed E-state index contributed by atoms with van der Waals surface area (Å²) in [5, 5.41) is 11.7. The van der Waals surface area contributed by atoms with Crippen LogP contribution in [0.1, 0.15) is 49.2 Å². The lowest BCUT2D eigenvalue weighted by molar-refractivity contribution is -0.961. The lowest BCUT2D eigenvalue weighted by atomic mass is 9.84. The van der Waals surface area contributed by atoms with E-state index in [0.717, 1.165) is 40.8 Å². The summed E-state index contributed by atoms with van der Waals surface area (Å²) >= 11 is 0. The van der Waals surface area contributed by atoms with Crippen LogP contribution >= 0.6 is 0 Å². The van der Waals surface area contributed by atoms with E-state index < -0.39 is 29.3 Å². The molecule has 0 radical (unpaired) electrons. The zero-order valence-electron chi connectivity index (χ0n) is 19.1. The van der Waals surface area contributed by atoms with Crippen LogP contribution in [-0.4, -0.2) is 40.7 Å².